The van der Waals surface area contributed by atoms with E-state index >= 15 is 0 Å². The number of amides is 2. The molecule has 3 heterocycles. The average molecular weight is 581 g/mol. The van der Waals surface area contributed by atoms with Gasteiger partial charge in [0.05, 0.1) is 12.6 Å². The van der Waals surface area contributed by atoms with Crippen LogP contribution in [0.25, 0.3) is 0 Å². The SMILES string of the molecule is O=C1c2c(nc(Oc3cccc(OC(F)(F)F)c3)n2Cc2ccc(Cl)cc2)N2CC(O)CC2C(=O)N1CCCO. The van der Waals surface area contributed by atoms with Crippen molar-refractivity contribution in [1.82, 2.24) is 14.5 Å². The molecule has 212 valence electrons. The molecule has 10 nitrogen and oxygen atoms in total. The summed E-state index contributed by atoms with van der Waals surface area (Å²) in [5, 5.41) is 20.3. The van der Waals surface area contributed by atoms with Gasteiger partial charge in [0, 0.05) is 37.2 Å². The highest BCUT2D eigenvalue weighted by Crippen LogP contribution is 2.38. The highest BCUT2D eigenvalue weighted by Gasteiger charge is 2.47. The smallest absolute Gasteiger partial charge is 0.425 e. The van der Waals surface area contributed by atoms with Crippen molar-refractivity contribution in [2.45, 2.75) is 37.9 Å². The predicted octanol–water partition coefficient (Wildman–Crippen LogP) is 3.58. The Labute approximate surface area is 231 Å². The first-order chi connectivity index (χ1) is 19.0. The van der Waals surface area contributed by atoms with Crippen molar-refractivity contribution < 1.29 is 42.4 Å². The number of carbonyl (C=O) groups excluding carboxylic acids is 2. The maximum atomic E-state index is 13.9. The third-order valence-electron chi connectivity index (χ3n) is 6.51. The first-order valence-electron chi connectivity index (χ1n) is 12.3. The summed E-state index contributed by atoms with van der Waals surface area (Å²) in [7, 11) is 0. The highest BCUT2D eigenvalue weighted by atomic mass is 35.5. The van der Waals surface area contributed by atoms with Crippen molar-refractivity contribution >= 4 is 29.2 Å². The maximum Gasteiger partial charge on any atom is 0.573 e. The van der Waals surface area contributed by atoms with Crippen LogP contribution < -0.4 is 14.4 Å². The minimum Gasteiger partial charge on any atom is -0.425 e. The number of imide groups is 1. The van der Waals surface area contributed by atoms with Crippen LogP contribution in [-0.4, -0.2) is 74.7 Å². The van der Waals surface area contributed by atoms with E-state index in [1.165, 1.54) is 21.6 Å². The summed E-state index contributed by atoms with van der Waals surface area (Å²) in [6.45, 7) is -0.262. The van der Waals surface area contributed by atoms with Crippen molar-refractivity contribution in [3.63, 3.8) is 0 Å². The van der Waals surface area contributed by atoms with Gasteiger partial charge in [0.2, 0.25) is 0 Å². The first-order valence-corrected chi connectivity index (χ1v) is 12.7. The molecule has 3 aromatic rings. The predicted molar refractivity (Wildman–Crippen MR) is 135 cm³/mol. The van der Waals surface area contributed by atoms with Gasteiger partial charge in [-0.3, -0.25) is 19.1 Å². The molecular formula is C26H24ClF3N4O6. The van der Waals surface area contributed by atoms with Gasteiger partial charge < -0.3 is 24.6 Å². The van der Waals surface area contributed by atoms with Crippen LogP contribution in [0.5, 0.6) is 17.5 Å². The summed E-state index contributed by atoms with van der Waals surface area (Å²) in [4.78, 5) is 34.3. The number of ether oxygens (including phenoxy) is 2. The van der Waals surface area contributed by atoms with Gasteiger partial charge >= 0.3 is 12.4 Å². The Hall–Kier alpha value is -3.81. The molecular weight excluding hydrogens is 557 g/mol. The summed E-state index contributed by atoms with van der Waals surface area (Å²) < 4.78 is 49.7. The fraction of sp³-hybridized carbons (Fsp3) is 0.346. The zero-order valence-corrected chi connectivity index (χ0v) is 21.6. The minimum absolute atomic E-state index is 0.00413. The largest absolute Gasteiger partial charge is 0.573 e. The number of fused-ring (bicyclic) bond motifs is 3. The van der Waals surface area contributed by atoms with Crippen molar-refractivity contribution in [3.8, 4) is 17.5 Å². The number of aromatic nitrogens is 2. The zero-order valence-electron chi connectivity index (χ0n) is 20.8. The van der Waals surface area contributed by atoms with E-state index in [1.807, 2.05) is 0 Å². The third kappa shape index (κ3) is 5.71. The monoisotopic (exact) mass is 580 g/mol. The van der Waals surface area contributed by atoms with Crippen molar-refractivity contribution in [1.29, 1.82) is 0 Å². The number of hydrogen-bond donors (Lipinski definition) is 2. The van der Waals surface area contributed by atoms with Crippen molar-refractivity contribution in [2.75, 3.05) is 24.6 Å². The van der Waals surface area contributed by atoms with Crippen molar-refractivity contribution in [3.05, 3.63) is 64.8 Å². The number of carbonyl (C=O) groups is 2. The second kappa shape index (κ2) is 11.0. The van der Waals surface area contributed by atoms with E-state index in [0.29, 0.717) is 10.6 Å². The van der Waals surface area contributed by atoms with Crippen LogP contribution in [0.3, 0.4) is 0 Å². The summed E-state index contributed by atoms with van der Waals surface area (Å²) >= 11 is 6.03. The van der Waals surface area contributed by atoms with E-state index in [4.69, 9.17) is 16.3 Å². The molecule has 0 bridgehead atoms. The third-order valence-corrected chi connectivity index (χ3v) is 6.76. The number of hydrogen-bond acceptors (Lipinski definition) is 8. The summed E-state index contributed by atoms with van der Waals surface area (Å²) in [6.07, 6.45) is -5.57. The van der Waals surface area contributed by atoms with Crippen LogP contribution in [0.1, 0.15) is 28.9 Å². The lowest BCUT2D eigenvalue weighted by Gasteiger charge is -2.24. The molecule has 2 aliphatic heterocycles. The molecule has 0 spiro atoms. The van der Waals surface area contributed by atoms with Gasteiger partial charge in [0.15, 0.2) is 11.5 Å². The maximum absolute atomic E-state index is 13.9. The fourth-order valence-electron chi connectivity index (χ4n) is 4.80. The second-order valence-electron chi connectivity index (χ2n) is 9.33. The molecule has 0 aliphatic carbocycles. The Balaban J connectivity index is 1.62. The van der Waals surface area contributed by atoms with Crippen molar-refractivity contribution in [2.24, 2.45) is 0 Å². The van der Waals surface area contributed by atoms with E-state index in [-0.39, 0.29) is 62.4 Å². The quantitative estimate of drug-likeness (QED) is 0.388. The lowest BCUT2D eigenvalue weighted by molar-refractivity contribution is -0.274. The Morgan fingerprint density at radius 1 is 1.10 bits per heavy atom. The fourth-order valence-corrected chi connectivity index (χ4v) is 4.93. The average Bonchev–Trinajstić information content (AvgIpc) is 3.42. The van der Waals surface area contributed by atoms with Crippen LogP contribution in [0.2, 0.25) is 5.02 Å². The first kappa shape index (κ1) is 27.7. The van der Waals surface area contributed by atoms with Crippen LogP contribution in [0, 0.1) is 0 Å². The summed E-state index contributed by atoms with van der Waals surface area (Å²) in [5.41, 5.74) is 0.683. The van der Waals surface area contributed by atoms with E-state index < -0.39 is 36.1 Å². The molecule has 1 aromatic heterocycles. The van der Waals surface area contributed by atoms with Gasteiger partial charge in [-0.25, -0.2) is 0 Å². The van der Waals surface area contributed by atoms with Gasteiger partial charge in [-0.1, -0.05) is 29.8 Å². The van der Waals surface area contributed by atoms with E-state index in [0.717, 1.165) is 17.0 Å². The lowest BCUT2D eigenvalue weighted by Crippen LogP contribution is -2.46. The van der Waals surface area contributed by atoms with Crippen LogP contribution in [-0.2, 0) is 11.3 Å². The molecule has 2 aliphatic rings. The molecule has 0 saturated carbocycles. The molecule has 2 N–H and O–H groups in total. The Kier molecular flexibility index (Phi) is 7.62. The standard InChI is InChI=1S/C26H24ClF3N4O6/c27-16-7-5-15(6-8-16)13-34-21-22(31-25(34)39-18-3-1-4-19(12-18)40-26(28,29)30)33-14-17(36)11-20(33)23(37)32(24(21)38)9-2-10-35/h1,3-8,12,17,20,35-36H,2,9-11,13-14H2. The molecule has 2 aromatic carbocycles. The molecule has 14 heteroatoms. The number of aliphatic hydroxyl groups excluding tert-OH is 2. The topological polar surface area (TPSA) is 117 Å². The van der Waals surface area contributed by atoms with Crippen LogP contribution in [0.15, 0.2) is 48.5 Å². The van der Waals surface area contributed by atoms with Gasteiger partial charge in [-0.2, -0.15) is 4.98 Å². The number of aliphatic hydroxyl groups is 2. The molecule has 2 atom stereocenters. The molecule has 2 unspecified atom stereocenters. The summed E-state index contributed by atoms with van der Waals surface area (Å²) in [6, 6.07) is 10.6. The number of halogens is 4. The molecule has 0 radical (unpaired) electrons. The van der Waals surface area contributed by atoms with Crippen LogP contribution in [0.4, 0.5) is 19.0 Å². The highest BCUT2D eigenvalue weighted by molar-refractivity contribution is 6.30. The molecule has 5 rings (SSSR count). The number of benzene rings is 2. The van der Waals surface area contributed by atoms with E-state index in [2.05, 4.69) is 9.72 Å². The Morgan fingerprint density at radius 3 is 2.52 bits per heavy atom. The van der Waals surface area contributed by atoms with Gasteiger partial charge in [-0.15, -0.1) is 13.2 Å². The number of imidazole rings is 1. The number of anilines is 1. The summed E-state index contributed by atoms with van der Waals surface area (Å²) in [5.74, 6) is -1.66. The van der Waals surface area contributed by atoms with Gasteiger partial charge in [-0.05, 0) is 36.2 Å². The Morgan fingerprint density at radius 2 is 1.82 bits per heavy atom. The number of alkyl halides is 3. The van der Waals surface area contributed by atoms with Gasteiger partial charge in [0.25, 0.3) is 11.8 Å². The van der Waals surface area contributed by atoms with Crippen LogP contribution >= 0.6 is 11.6 Å². The van der Waals surface area contributed by atoms with E-state index in [9.17, 15) is 33.0 Å². The molecule has 2 amide bonds. The molecule has 1 fully saturated rings. The minimum atomic E-state index is -4.91. The number of rotatable bonds is 8. The normalized spacial score (nSPS) is 18.9. The lowest BCUT2D eigenvalue weighted by atomic mass is 10.1. The Bertz CT molecular complexity index is 1410. The van der Waals surface area contributed by atoms with E-state index in [1.54, 1.807) is 24.3 Å². The second-order valence-corrected chi connectivity index (χ2v) is 9.77. The molecule has 1 saturated heterocycles. The zero-order chi connectivity index (χ0) is 28.6. The number of nitrogens with zero attached hydrogens (tertiary/aromatic N) is 4. The van der Waals surface area contributed by atoms with Gasteiger partial charge in [0.1, 0.15) is 17.5 Å². The molecule has 40 heavy (non-hydrogen) atoms.